The molecule has 0 unspecified atom stereocenters. The van der Waals surface area contributed by atoms with Crippen molar-refractivity contribution < 1.29 is 9.59 Å². The Hall–Kier alpha value is -1.14. The first-order valence-corrected chi connectivity index (χ1v) is 7.36. The van der Waals surface area contributed by atoms with Crippen molar-refractivity contribution in [2.45, 2.75) is 39.7 Å². The Morgan fingerprint density at radius 3 is 2.40 bits per heavy atom. The SMILES string of the molecule is CCN(CCC(=O)N(C)CCCN)CC(=O)NC(C)C. The van der Waals surface area contributed by atoms with Crippen molar-refractivity contribution in [1.82, 2.24) is 15.1 Å². The quantitative estimate of drug-likeness (QED) is 0.594. The summed E-state index contributed by atoms with van der Waals surface area (Å²) < 4.78 is 0. The summed E-state index contributed by atoms with van der Waals surface area (Å²) in [5.74, 6) is 0.104. The topological polar surface area (TPSA) is 78.7 Å². The maximum atomic E-state index is 11.9. The van der Waals surface area contributed by atoms with Crippen LogP contribution in [0, 0.1) is 0 Å². The molecule has 0 saturated heterocycles. The van der Waals surface area contributed by atoms with Gasteiger partial charge in [-0.2, -0.15) is 0 Å². The molecule has 0 rings (SSSR count). The molecule has 0 aliphatic heterocycles. The van der Waals surface area contributed by atoms with Crippen molar-refractivity contribution in [3.63, 3.8) is 0 Å². The smallest absolute Gasteiger partial charge is 0.234 e. The number of nitrogens with one attached hydrogen (secondary N) is 1. The highest BCUT2D eigenvalue weighted by atomic mass is 16.2. The predicted octanol–water partition coefficient (Wildman–Crippen LogP) is 0.0302. The first-order chi connectivity index (χ1) is 9.40. The average Bonchev–Trinajstić information content (AvgIpc) is 2.39. The first-order valence-electron chi connectivity index (χ1n) is 7.36. The molecular weight excluding hydrogens is 256 g/mol. The highest BCUT2D eigenvalue weighted by Gasteiger charge is 2.13. The zero-order chi connectivity index (χ0) is 15.5. The van der Waals surface area contributed by atoms with Gasteiger partial charge in [-0.05, 0) is 33.4 Å². The zero-order valence-electron chi connectivity index (χ0n) is 13.3. The Bertz CT molecular complexity index is 295. The van der Waals surface area contributed by atoms with E-state index in [1.807, 2.05) is 25.7 Å². The van der Waals surface area contributed by atoms with Gasteiger partial charge in [-0.25, -0.2) is 0 Å². The third-order valence-electron chi connectivity index (χ3n) is 3.03. The standard InChI is InChI=1S/C14H30N4O2/c1-5-18(11-13(19)16-12(2)3)10-7-14(20)17(4)9-6-8-15/h12H,5-11,15H2,1-4H3,(H,16,19). The van der Waals surface area contributed by atoms with Gasteiger partial charge in [0.2, 0.25) is 11.8 Å². The van der Waals surface area contributed by atoms with E-state index >= 15 is 0 Å². The lowest BCUT2D eigenvalue weighted by atomic mass is 10.3. The van der Waals surface area contributed by atoms with Gasteiger partial charge in [0.25, 0.3) is 0 Å². The summed E-state index contributed by atoms with van der Waals surface area (Å²) in [6.45, 7) is 8.84. The molecule has 3 N–H and O–H groups in total. The highest BCUT2D eigenvalue weighted by molar-refractivity contribution is 5.78. The van der Waals surface area contributed by atoms with Crippen LogP contribution in [-0.2, 0) is 9.59 Å². The van der Waals surface area contributed by atoms with Gasteiger partial charge in [-0.1, -0.05) is 6.92 Å². The molecule has 20 heavy (non-hydrogen) atoms. The molecule has 0 atom stereocenters. The lowest BCUT2D eigenvalue weighted by Gasteiger charge is -2.22. The summed E-state index contributed by atoms with van der Waals surface area (Å²) in [6, 6.07) is 0.144. The van der Waals surface area contributed by atoms with Crippen LogP contribution in [0.2, 0.25) is 0 Å². The third-order valence-corrected chi connectivity index (χ3v) is 3.03. The summed E-state index contributed by atoms with van der Waals surface area (Å²) in [5.41, 5.74) is 5.42. The van der Waals surface area contributed by atoms with E-state index in [0.717, 1.165) is 13.0 Å². The molecule has 0 aliphatic carbocycles. The minimum Gasteiger partial charge on any atom is -0.353 e. The monoisotopic (exact) mass is 286 g/mol. The highest BCUT2D eigenvalue weighted by Crippen LogP contribution is 1.97. The van der Waals surface area contributed by atoms with Gasteiger partial charge in [-0.3, -0.25) is 14.5 Å². The minimum atomic E-state index is 0.00536. The summed E-state index contributed by atoms with van der Waals surface area (Å²) >= 11 is 0. The van der Waals surface area contributed by atoms with Gasteiger partial charge >= 0.3 is 0 Å². The van der Waals surface area contributed by atoms with Gasteiger partial charge in [0.05, 0.1) is 6.54 Å². The predicted molar refractivity (Wildman–Crippen MR) is 81.3 cm³/mol. The second-order valence-electron chi connectivity index (χ2n) is 5.30. The van der Waals surface area contributed by atoms with Crippen molar-refractivity contribution in [2.24, 2.45) is 5.73 Å². The Morgan fingerprint density at radius 1 is 1.25 bits per heavy atom. The molecule has 2 amide bonds. The second kappa shape index (κ2) is 10.6. The van der Waals surface area contributed by atoms with Crippen LogP contribution in [0.4, 0.5) is 0 Å². The number of rotatable bonds is 10. The molecular formula is C14H30N4O2. The fourth-order valence-corrected chi connectivity index (χ4v) is 1.82. The van der Waals surface area contributed by atoms with Gasteiger partial charge in [-0.15, -0.1) is 0 Å². The molecule has 0 aromatic carbocycles. The van der Waals surface area contributed by atoms with E-state index in [1.54, 1.807) is 11.9 Å². The summed E-state index contributed by atoms with van der Waals surface area (Å²) in [6.07, 6.45) is 1.25. The van der Waals surface area contributed by atoms with Crippen molar-refractivity contribution in [2.75, 3.05) is 39.8 Å². The van der Waals surface area contributed by atoms with Crippen LogP contribution < -0.4 is 11.1 Å². The van der Waals surface area contributed by atoms with Crippen LogP contribution in [0.15, 0.2) is 0 Å². The number of carbonyl (C=O) groups is 2. The maximum absolute atomic E-state index is 11.9. The van der Waals surface area contributed by atoms with E-state index < -0.39 is 0 Å². The molecule has 0 fully saturated rings. The Kier molecular flexibility index (Phi) is 10.0. The molecule has 6 heteroatoms. The molecule has 0 saturated carbocycles. The zero-order valence-corrected chi connectivity index (χ0v) is 13.3. The number of nitrogens with zero attached hydrogens (tertiary/aromatic N) is 2. The van der Waals surface area contributed by atoms with Gasteiger partial charge in [0.1, 0.15) is 0 Å². The molecule has 0 aromatic rings. The van der Waals surface area contributed by atoms with Crippen molar-refractivity contribution in [1.29, 1.82) is 0 Å². The van der Waals surface area contributed by atoms with Gasteiger partial charge < -0.3 is 16.0 Å². The summed E-state index contributed by atoms with van der Waals surface area (Å²) in [4.78, 5) is 27.3. The van der Waals surface area contributed by atoms with E-state index in [9.17, 15) is 9.59 Å². The van der Waals surface area contributed by atoms with E-state index in [0.29, 0.717) is 32.6 Å². The number of hydrogen-bond acceptors (Lipinski definition) is 4. The number of carbonyl (C=O) groups excluding carboxylic acids is 2. The van der Waals surface area contributed by atoms with Gasteiger partial charge in [0, 0.05) is 32.6 Å². The number of hydrogen-bond donors (Lipinski definition) is 2. The molecule has 0 bridgehead atoms. The van der Waals surface area contributed by atoms with Crippen molar-refractivity contribution in [3.8, 4) is 0 Å². The fourth-order valence-electron chi connectivity index (χ4n) is 1.82. The van der Waals surface area contributed by atoms with E-state index in [4.69, 9.17) is 5.73 Å². The van der Waals surface area contributed by atoms with Crippen LogP contribution in [0.5, 0.6) is 0 Å². The lowest BCUT2D eigenvalue weighted by Crippen LogP contribution is -2.41. The van der Waals surface area contributed by atoms with Gasteiger partial charge in [0.15, 0.2) is 0 Å². The average molecular weight is 286 g/mol. The Balaban J connectivity index is 4.05. The molecule has 0 heterocycles. The number of amides is 2. The second-order valence-corrected chi connectivity index (χ2v) is 5.30. The van der Waals surface area contributed by atoms with E-state index in [-0.39, 0.29) is 17.9 Å². The van der Waals surface area contributed by atoms with Crippen LogP contribution in [0.1, 0.15) is 33.6 Å². The Morgan fingerprint density at radius 2 is 1.90 bits per heavy atom. The Labute approximate surface area is 122 Å². The first kappa shape index (κ1) is 18.9. The minimum absolute atomic E-state index is 0.00536. The summed E-state index contributed by atoms with van der Waals surface area (Å²) in [7, 11) is 1.79. The molecule has 0 aliphatic rings. The van der Waals surface area contributed by atoms with Crippen LogP contribution >= 0.6 is 0 Å². The van der Waals surface area contributed by atoms with Crippen molar-refractivity contribution in [3.05, 3.63) is 0 Å². The number of likely N-dealkylation sites (N-methyl/N-ethyl adjacent to an activating group) is 1. The maximum Gasteiger partial charge on any atom is 0.234 e. The van der Waals surface area contributed by atoms with Crippen LogP contribution in [0.3, 0.4) is 0 Å². The van der Waals surface area contributed by atoms with E-state index in [2.05, 4.69) is 5.32 Å². The third kappa shape index (κ3) is 8.87. The molecule has 118 valence electrons. The van der Waals surface area contributed by atoms with Crippen LogP contribution in [-0.4, -0.2) is 67.4 Å². The van der Waals surface area contributed by atoms with E-state index in [1.165, 1.54) is 0 Å². The number of nitrogens with two attached hydrogens (primary N) is 1. The molecule has 0 spiro atoms. The fraction of sp³-hybridized carbons (Fsp3) is 0.857. The molecule has 0 radical (unpaired) electrons. The summed E-state index contributed by atoms with van der Waals surface area (Å²) in [5, 5.41) is 2.86. The van der Waals surface area contributed by atoms with Crippen LogP contribution in [0.25, 0.3) is 0 Å². The molecule has 6 nitrogen and oxygen atoms in total. The lowest BCUT2D eigenvalue weighted by molar-refractivity contribution is -0.131. The largest absolute Gasteiger partial charge is 0.353 e. The molecule has 0 aromatic heterocycles. The van der Waals surface area contributed by atoms with Crippen molar-refractivity contribution >= 4 is 11.8 Å². The normalized spacial score (nSPS) is 10.9.